The summed E-state index contributed by atoms with van der Waals surface area (Å²) < 4.78 is 68.3. The summed E-state index contributed by atoms with van der Waals surface area (Å²) in [4.78, 5) is 13.0. The molecule has 0 saturated heterocycles. The van der Waals surface area contributed by atoms with Gasteiger partial charge in [0.05, 0.1) is 23.7 Å². The van der Waals surface area contributed by atoms with Crippen molar-refractivity contribution in [1.82, 2.24) is 0 Å². The lowest BCUT2D eigenvalue weighted by atomic mass is 9.67. The van der Waals surface area contributed by atoms with Crippen LogP contribution in [0.4, 0.5) is 8.78 Å². The number of sulfone groups is 1. The van der Waals surface area contributed by atoms with E-state index in [1.54, 1.807) is 0 Å². The van der Waals surface area contributed by atoms with Gasteiger partial charge >= 0.3 is 0 Å². The number of benzene rings is 2. The van der Waals surface area contributed by atoms with E-state index in [1.807, 2.05) is 0 Å². The number of halogens is 3. The molecule has 2 aromatic carbocycles. The molecule has 4 rings (SSSR count). The number of ether oxygens (including phenoxy) is 2. The summed E-state index contributed by atoms with van der Waals surface area (Å²) >= 11 is 5.97. The Morgan fingerprint density at radius 2 is 1.77 bits per heavy atom. The molecule has 1 aliphatic heterocycles. The average Bonchev–Trinajstić information content (AvgIpc) is 2.79. The highest BCUT2D eigenvalue weighted by molar-refractivity contribution is 7.92. The topological polar surface area (TPSA) is 69.7 Å². The number of Topliss-reactive ketones (excluding diaryl/α,β-unsaturated/α-hetero) is 1. The van der Waals surface area contributed by atoms with Crippen LogP contribution in [0.2, 0.25) is 30.7 Å². The molecular formula is C25H29ClF2O5SSi. The Hall–Kier alpha value is -1.81. The molecule has 10 heteroatoms. The quantitative estimate of drug-likeness (QED) is 0.335. The van der Waals surface area contributed by atoms with E-state index >= 15 is 4.39 Å². The highest BCUT2D eigenvalue weighted by Gasteiger charge is 2.62. The van der Waals surface area contributed by atoms with Gasteiger partial charge in [0.25, 0.3) is 0 Å². The highest BCUT2D eigenvalue weighted by atomic mass is 35.5. The van der Waals surface area contributed by atoms with Crippen molar-refractivity contribution in [2.24, 2.45) is 11.8 Å². The molecule has 0 N–H and O–H groups in total. The highest BCUT2D eigenvalue weighted by Crippen LogP contribution is 2.57. The molecule has 0 spiro atoms. The summed E-state index contributed by atoms with van der Waals surface area (Å²) in [5.41, 5.74) is -0.344. The van der Waals surface area contributed by atoms with Crippen molar-refractivity contribution in [2.75, 3.05) is 19.8 Å². The van der Waals surface area contributed by atoms with Crippen LogP contribution in [-0.2, 0) is 24.1 Å². The smallest absolute Gasteiger partial charge is 0.188 e. The largest absolute Gasteiger partial charge is 0.490 e. The summed E-state index contributed by atoms with van der Waals surface area (Å²) in [6, 6.07) is 8.29. The van der Waals surface area contributed by atoms with Crippen molar-refractivity contribution in [1.29, 1.82) is 0 Å². The van der Waals surface area contributed by atoms with E-state index < -0.39 is 51.9 Å². The molecule has 5 nitrogen and oxygen atoms in total. The van der Waals surface area contributed by atoms with Crippen LogP contribution in [0.3, 0.4) is 0 Å². The lowest BCUT2D eigenvalue weighted by Crippen LogP contribution is -2.57. The first-order valence-electron chi connectivity index (χ1n) is 11.6. The summed E-state index contributed by atoms with van der Waals surface area (Å²) in [6.07, 6.45) is -0.273. The van der Waals surface area contributed by atoms with E-state index in [1.165, 1.54) is 24.3 Å². The number of ketones is 1. The van der Waals surface area contributed by atoms with Gasteiger partial charge in [0.2, 0.25) is 0 Å². The molecule has 0 aromatic heterocycles. The molecule has 0 radical (unpaired) electrons. The zero-order chi connectivity index (χ0) is 25.6. The third-order valence-corrected chi connectivity index (χ3v) is 11.5. The fourth-order valence-corrected chi connectivity index (χ4v) is 8.38. The molecule has 2 aliphatic rings. The first kappa shape index (κ1) is 26.3. The zero-order valence-corrected chi connectivity index (χ0v) is 22.5. The predicted molar refractivity (Wildman–Crippen MR) is 132 cm³/mol. The SMILES string of the molecule is C[Si](C)(C)CCOC[C@@H]1C(=O)CC[C@@]2(S(=O)(=O)c3ccc(Cl)cc3)c3c(F)ccc(F)c3OC[C@@H]12. The number of fused-ring (bicyclic) bond motifs is 3. The fraction of sp³-hybridized carbons (Fsp3) is 0.480. The van der Waals surface area contributed by atoms with Gasteiger partial charge in [0, 0.05) is 38.0 Å². The maximum Gasteiger partial charge on any atom is 0.188 e. The molecule has 1 aliphatic carbocycles. The van der Waals surface area contributed by atoms with Crippen molar-refractivity contribution in [2.45, 2.75) is 48.2 Å². The molecule has 190 valence electrons. The van der Waals surface area contributed by atoms with Crippen molar-refractivity contribution in [3.05, 3.63) is 58.6 Å². The fourth-order valence-electron chi connectivity index (χ4n) is 5.12. The van der Waals surface area contributed by atoms with Gasteiger partial charge in [-0.15, -0.1) is 0 Å². The first-order chi connectivity index (χ1) is 16.4. The minimum atomic E-state index is -4.31. The van der Waals surface area contributed by atoms with Crippen molar-refractivity contribution >= 4 is 35.3 Å². The monoisotopic (exact) mass is 542 g/mol. The van der Waals surface area contributed by atoms with Crippen LogP contribution in [0.15, 0.2) is 41.3 Å². The van der Waals surface area contributed by atoms with E-state index in [2.05, 4.69) is 19.6 Å². The van der Waals surface area contributed by atoms with Crippen LogP contribution in [0.1, 0.15) is 18.4 Å². The van der Waals surface area contributed by atoms with E-state index in [-0.39, 0.29) is 42.3 Å². The van der Waals surface area contributed by atoms with Crippen LogP contribution in [0, 0.1) is 23.5 Å². The average molecular weight is 543 g/mol. The van der Waals surface area contributed by atoms with E-state index in [0.29, 0.717) is 11.6 Å². The second kappa shape index (κ2) is 9.57. The van der Waals surface area contributed by atoms with Gasteiger partial charge in [-0.1, -0.05) is 31.2 Å². The predicted octanol–water partition coefficient (Wildman–Crippen LogP) is 5.63. The third-order valence-electron chi connectivity index (χ3n) is 7.03. The van der Waals surface area contributed by atoms with E-state index in [4.69, 9.17) is 21.1 Å². The van der Waals surface area contributed by atoms with Crippen LogP contribution in [0.5, 0.6) is 5.75 Å². The first-order valence-corrected chi connectivity index (χ1v) is 17.2. The van der Waals surface area contributed by atoms with Gasteiger partial charge in [-0.25, -0.2) is 17.2 Å². The summed E-state index contributed by atoms with van der Waals surface area (Å²) in [7, 11) is -5.69. The molecule has 1 saturated carbocycles. The molecule has 1 fully saturated rings. The Labute approximate surface area is 210 Å². The van der Waals surface area contributed by atoms with Gasteiger partial charge in [-0.05, 0) is 48.9 Å². The number of hydrogen-bond donors (Lipinski definition) is 0. The van der Waals surface area contributed by atoms with Crippen LogP contribution >= 0.6 is 11.6 Å². The zero-order valence-electron chi connectivity index (χ0n) is 19.9. The lowest BCUT2D eigenvalue weighted by Gasteiger charge is -2.49. The van der Waals surface area contributed by atoms with E-state index in [0.717, 1.165) is 18.2 Å². The maximum absolute atomic E-state index is 15.4. The van der Waals surface area contributed by atoms with Crippen LogP contribution < -0.4 is 4.74 Å². The second-order valence-corrected chi connectivity index (χ2v) is 18.7. The number of carbonyl (C=O) groups excluding carboxylic acids is 1. The molecule has 0 amide bonds. The van der Waals surface area contributed by atoms with E-state index in [9.17, 15) is 17.6 Å². The Morgan fingerprint density at radius 3 is 2.43 bits per heavy atom. The lowest BCUT2D eigenvalue weighted by molar-refractivity contribution is -0.132. The second-order valence-electron chi connectivity index (χ2n) is 10.5. The number of rotatable bonds is 7. The summed E-state index contributed by atoms with van der Waals surface area (Å²) in [5.74, 6) is -4.06. The van der Waals surface area contributed by atoms with Crippen LogP contribution in [-0.4, -0.2) is 42.1 Å². The summed E-state index contributed by atoms with van der Waals surface area (Å²) in [6.45, 7) is 6.82. The van der Waals surface area contributed by atoms with Crippen molar-refractivity contribution < 1.29 is 31.5 Å². The minimum Gasteiger partial charge on any atom is -0.490 e. The van der Waals surface area contributed by atoms with Gasteiger partial charge in [-0.2, -0.15) is 0 Å². The Kier molecular flexibility index (Phi) is 7.18. The molecule has 0 bridgehead atoms. The van der Waals surface area contributed by atoms with Crippen molar-refractivity contribution in [3.8, 4) is 5.75 Å². The van der Waals surface area contributed by atoms with Crippen LogP contribution in [0.25, 0.3) is 0 Å². The third kappa shape index (κ3) is 4.68. The van der Waals surface area contributed by atoms with Gasteiger partial charge < -0.3 is 9.47 Å². The Bertz CT molecular complexity index is 1230. The molecule has 1 heterocycles. The number of hydrogen-bond acceptors (Lipinski definition) is 5. The van der Waals surface area contributed by atoms with Crippen molar-refractivity contribution in [3.63, 3.8) is 0 Å². The molecule has 3 atom stereocenters. The molecular weight excluding hydrogens is 514 g/mol. The minimum absolute atomic E-state index is 0.00148. The number of carbonyl (C=O) groups is 1. The normalized spacial score (nSPS) is 24.5. The summed E-state index contributed by atoms with van der Waals surface area (Å²) in [5, 5.41) is 0.343. The Morgan fingerprint density at radius 1 is 1.11 bits per heavy atom. The standard InChI is InChI=1S/C25H29ClF2O5SSi/c1-35(2,3)13-12-32-14-18-19-15-33-24-21(28)9-8-20(27)23(24)25(19,11-10-22(18)29)34(30,31)17-6-4-16(26)5-7-17/h4-9,18-19H,10-15H2,1-3H3/t18-,19-,25-/m0/s1. The molecule has 35 heavy (non-hydrogen) atoms. The maximum atomic E-state index is 15.4. The van der Waals surface area contributed by atoms with Gasteiger partial charge in [0.1, 0.15) is 16.3 Å². The van der Waals surface area contributed by atoms with Gasteiger partial charge in [0.15, 0.2) is 21.4 Å². The molecule has 2 aromatic rings. The Balaban J connectivity index is 1.84. The van der Waals surface area contributed by atoms with Gasteiger partial charge in [-0.3, -0.25) is 4.79 Å². The molecule has 0 unspecified atom stereocenters.